The molecule has 2 aliphatic rings. The smallest absolute Gasteiger partial charge is 0.381 e. The van der Waals surface area contributed by atoms with E-state index in [-0.39, 0.29) is 27.2 Å². The van der Waals surface area contributed by atoms with Gasteiger partial charge >= 0.3 is 6.18 Å². The number of halogens is 3. The first kappa shape index (κ1) is 20.2. The lowest BCUT2D eigenvalue weighted by Gasteiger charge is -2.41. The van der Waals surface area contributed by atoms with Gasteiger partial charge in [-0.1, -0.05) is 11.8 Å². The Labute approximate surface area is 170 Å². The normalized spacial score (nSPS) is 21.7. The van der Waals surface area contributed by atoms with Crippen LogP contribution in [0, 0.1) is 5.41 Å². The van der Waals surface area contributed by atoms with Crippen molar-refractivity contribution in [2.75, 3.05) is 36.9 Å². The van der Waals surface area contributed by atoms with Crippen molar-refractivity contribution in [1.29, 1.82) is 0 Å². The molecule has 1 unspecified atom stereocenters. The zero-order valence-corrected chi connectivity index (χ0v) is 16.3. The van der Waals surface area contributed by atoms with Gasteiger partial charge in [-0.25, -0.2) is 9.97 Å². The van der Waals surface area contributed by atoms with E-state index in [0.29, 0.717) is 19.0 Å². The minimum Gasteiger partial charge on any atom is -0.381 e. The zero-order valence-electron chi connectivity index (χ0n) is 15.5. The zero-order chi connectivity index (χ0) is 20.6. The summed E-state index contributed by atoms with van der Waals surface area (Å²) >= 11 is 0.828. The number of nitrogen functional groups attached to an aromatic ring is 1. The van der Waals surface area contributed by atoms with Crippen molar-refractivity contribution in [2.45, 2.75) is 35.0 Å². The van der Waals surface area contributed by atoms with Crippen LogP contribution in [0.4, 0.5) is 24.8 Å². The summed E-state index contributed by atoms with van der Waals surface area (Å²) < 4.78 is 45.0. The molecular weight excluding hydrogens is 405 g/mol. The highest BCUT2D eigenvalue weighted by Crippen LogP contribution is 2.41. The van der Waals surface area contributed by atoms with Gasteiger partial charge in [0, 0.05) is 41.8 Å². The minimum absolute atomic E-state index is 0.0145. The first-order valence-corrected chi connectivity index (χ1v) is 10.00. The lowest BCUT2D eigenvalue weighted by atomic mass is 9.75. The van der Waals surface area contributed by atoms with Gasteiger partial charge in [-0.05, 0) is 18.9 Å². The van der Waals surface area contributed by atoms with Crippen LogP contribution >= 0.6 is 11.8 Å². The number of pyridine rings is 1. The Morgan fingerprint density at radius 2 is 2.00 bits per heavy atom. The molecule has 1 spiro atoms. The Hall–Kier alpha value is -2.11. The van der Waals surface area contributed by atoms with Gasteiger partial charge in [0.15, 0.2) is 5.82 Å². The number of ether oxygens (including phenoxy) is 1. The first-order valence-electron chi connectivity index (χ1n) is 9.18. The van der Waals surface area contributed by atoms with Crippen molar-refractivity contribution in [2.24, 2.45) is 11.1 Å². The van der Waals surface area contributed by atoms with Crippen LogP contribution in [0.3, 0.4) is 0 Å². The van der Waals surface area contributed by atoms with E-state index in [2.05, 4.69) is 19.9 Å². The molecule has 7 nitrogen and oxygen atoms in total. The van der Waals surface area contributed by atoms with Gasteiger partial charge in [-0.2, -0.15) is 13.2 Å². The van der Waals surface area contributed by atoms with Crippen LogP contribution in [0.1, 0.15) is 18.4 Å². The molecule has 0 radical (unpaired) electrons. The van der Waals surface area contributed by atoms with Crippen LogP contribution in [-0.4, -0.2) is 47.3 Å². The molecule has 0 aromatic carbocycles. The Bertz CT molecular complexity index is 888. The molecule has 4 heterocycles. The molecule has 2 aromatic rings. The van der Waals surface area contributed by atoms with E-state index in [9.17, 15) is 13.2 Å². The molecule has 29 heavy (non-hydrogen) atoms. The highest BCUT2D eigenvalue weighted by Gasteiger charge is 2.44. The van der Waals surface area contributed by atoms with Gasteiger partial charge in [0.05, 0.1) is 25.0 Å². The van der Waals surface area contributed by atoms with Crippen LogP contribution in [0.25, 0.3) is 0 Å². The fraction of sp³-hybridized carbons (Fsp3) is 0.500. The van der Waals surface area contributed by atoms with Crippen molar-refractivity contribution in [3.63, 3.8) is 0 Å². The summed E-state index contributed by atoms with van der Waals surface area (Å²) in [5, 5.41) is 0.227. The number of rotatable bonds is 3. The molecule has 2 fully saturated rings. The summed E-state index contributed by atoms with van der Waals surface area (Å²) in [5.41, 5.74) is 11.4. The summed E-state index contributed by atoms with van der Waals surface area (Å²) in [6, 6.07) is 1.34. The lowest BCUT2D eigenvalue weighted by molar-refractivity contribution is -0.140. The van der Waals surface area contributed by atoms with Crippen LogP contribution in [0.2, 0.25) is 0 Å². The second-order valence-corrected chi connectivity index (χ2v) is 8.39. The maximum atomic E-state index is 13.2. The molecule has 4 N–H and O–H groups in total. The molecule has 2 saturated heterocycles. The van der Waals surface area contributed by atoms with E-state index < -0.39 is 11.7 Å². The molecule has 156 valence electrons. The number of hydrogen-bond acceptors (Lipinski definition) is 8. The van der Waals surface area contributed by atoms with E-state index in [1.165, 1.54) is 12.3 Å². The monoisotopic (exact) mass is 426 g/mol. The van der Waals surface area contributed by atoms with E-state index in [4.69, 9.17) is 16.2 Å². The number of piperidine rings is 1. The molecular formula is C18H21F3N6OS. The molecule has 0 bridgehead atoms. The average molecular weight is 426 g/mol. The Morgan fingerprint density at radius 3 is 2.62 bits per heavy atom. The number of anilines is 2. The van der Waals surface area contributed by atoms with E-state index in [1.807, 2.05) is 0 Å². The third-order valence-electron chi connectivity index (χ3n) is 5.60. The largest absolute Gasteiger partial charge is 0.418 e. The number of nitrogens with zero attached hydrogens (tertiary/aromatic N) is 4. The predicted molar refractivity (Wildman–Crippen MR) is 102 cm³/mol. The van der Waals surface area contributed by atoms with Crippen molar-refractivity contribution in [1.82, 2.24) is 15.0 Å². The molecule has 0 saturated carbocycles. The fourth-order valence-electron chi connectivity index (χ4n) is 3.77. The number of aromatic nitrogens is 3. The van der Waals surface area contributed by atoms with E-state index >= 15 is 0 Å². The molecule has 1 atom stereocenters. The van der Waals surface area contributed by atoms with Crippen LogP contribution in [0.5, 0.6) is 0 Å². The quantitative estimate of drug-likeness (QED) is 0.772. The summed E-state index contributed by atoms with van der Waals surface area (Å²) in [5.74, 6) is 0.707. The van der Waals surface area contributed by atoms with Gasteiger partial charge < -0.3 is 21.1 Å². The Kier molecular flexibility index (Phi) is 5.30. The Balaban J connectivity index is 1.48. The summed E-state index contributed by atoms with van der Waals surface area (Å²) in [6.07, 6.45) is 0.915. The number of hydrogen-bond donors (Lipinski definition) is 2. The predicted octanol–water partition coefficient (Wildman–Crippen LogP) is 2.57. The van der Waals surface area contributed by atoms with Crippen LogP contribution < -0.4 is 16.4 Å². The SMILES string of the molecule is Nc1nc(N2CCC3(CC2)COCC3N)cnc1Sc1ccncc1C(F)(F)F. The van der Waals surface area contributed by atoms with Crippen molar-refractivity contribution >= 4 is 23.4 Å². The molecule has 4 rings (SSSR count). The van der Waals surface area contributed by atoms with E-state index in [1.54, 1.807) is 6.20 Å². The summed E-state index contributed by atoms with van der Waals surface area (Å²) in [7, 11) is 0. The van der Waals surface area contributed by atoms with Gasteiger partial charge in [0.2, 0.25) is 0 Å². The van der Waals surface area contributed by atoms with Crippen molar-refractivity contribution < 1.29 is 17.9 Å². The van der Waals surface area contributed by atoms with Crippen LogP contribution in [-0.2, 0) is 10.9 Å². The lowest BCUT2D eigenvalue weighted by Crippen LogP contribution is -2.49. The highest BCUT2D eigenvalue weighted by molar-refractivity contribution is 7.99. The molecule has 2 aromatic heterocycles. The second kappa shape index (κ2) is 7.62. The topological polar surface area (TPSA) is 103 Å². The second-order valence-electron chi connectivity index (χ2n) is 7.36. The third-order valence-corrected chi connectivity index (χ3v) is 6.69. The van der Waals surface area contributed by atoms with Crippen LogP contribution in [0.15, 0.2) is 34.6 Å². The van der Waals surface area contributed by atoms with Gasteiger partial charge in [0.1, 0.15) is 10.8 Å². The average Bonchev–Trinajstić information content (AvgIpc) is 3.03. The molecule has 0 amide bonds. The highest BCUT2D eigenvalue weighted by atomic mass is 32.2. The maximum absolute atomic E-state index is 13.2. The summed E-state index contributed by atoms with van der Waals surface area (Å²) in [6.45, 7) is 2.77. The Morgan fingerprint density at radius 1 is 1.24 bits per heavy atom. The van der Waals surface area contributed by atoms with Gasteiger partial charge in [-0.15, -0.1) is 0 Å². The fourth-order valence-corrected chi connectivity index (χ4v) is 4.64. The van der Waals surface area contributed by atoms with Gasteiger partial charge in [0.25, 0.3) is 0 Å². The molecule has 0 aliphatic carbocycles. The molecule has 2 aliphatic heterocycles. The molecule has 11 heteroatoms. The van der Waals surface area contributed by atoms with Crippen molar-refractivity contribution in [3.05, 3.63) is 30.2 Å². The summed E-state index contributed by atoms with van der Waals surface area (Å²) in [4.78, 5) is 14.3. The first-order chi connectivity index (χ1) is 13.8. The standard InChI is InChI=1S/C18H21F3N6OS/c19-18(20,21)11-7-24-4-1-12(11)29-16-15(23)26-14(8-25-16)27-5-2-17(3-6-27)10-28-9-13(17)22/h1,4,7-8,13H,2-3,5-6,9-10,22H2,(H2,23,26). The maximum Gasteiger partial charge on any atom is 0.418 e. The minimum atomic E-state index is -4.51. The van der Waals surface area contributed by atoms with Gasteiger partial charge in [-0.3, -0.25) is 4.98 Å². The van der Waals surface area contributed by atoms with Crippen molar-refractivity contribution in [3.8, 4) is 0 Å². The number of alkyl halides is 3. The number of nitrogens with two attached hydrogens (primary N) is 2. The van der Waals surface area contributed by atoms with E-state index in [0.717, 1.165) is 43.9 Å². The third kappa shape index (κ3) is 3.99.